The Kier molecular flexibility index (Phi) is 5.77. The highest BCUT2D eigenvalue weighted by molar-refractivity contribution is 14.1. The molecule has 0 fully saturated rings. The molecule has 1 amide bonds. The predicted molar refractivity (Wildman–Crippen MR) is 101 cm³/mol. The number of rotatable bonds is 5. The summed E-state index contributed by atoms with van der Waals surface area (Å²) in [4.78, 5) is 12.6. The summed E-state index contributed by atoms with van der Waals surface area (Å²) in [5, 5.41) is 11.4. The van der Waals surface area contributed by atoms with Gasteiger partial charge >= 0.3 is 0 Å². The van der Waals surface area contributed by atoms with Crippen LogP contribution in [0.1, 0.15) is 41.3 Å². The minimum atomic E-state index is -0.170. The maximum atomic E-state index is 12.6. The van der Waals surface area contributed by atoms with Crippen LogP contribution in [-0.2, 0) is 19.5 Å². The number of nitrogens with one attached hydrogen (secondary N) is 1. The molecule has 1 N–H and O–H groups in total. The van der Waals surface area contributed by atoms with Gasteiger partial charge in [-0.15, -0.1) is 10.2 Å². The Bertz CT molecular complexity index is 775. The number of fused-ring (bicyclic) bond motifs is 1. The van der Waals surface area contributed by atoms with Gasteiger partial charge in [0.25, 0.3) is 5.91 Å². The first-order chi connectivity index (χ1) is 12.1. The first kappa shape index (κ1) is 18.0. The Morgan fingerprint density at radius 3 is 2.72 bits per heavy atom. The third-order valence-electron chi connectivity index (χ3n) is 4.31. The second kappa shape index (κ2) is 8.03. The summed E-state index contributed by atoms with van der Waals surface area (Å²) in [6.45, 7) is 1.28. The number of benzene rings is 1. The van der Waals surface area contributed by atoms with Gasteiger partial charge in [0.05, 0.1) is 26.3 Å². The van der Waals surface area contributed by atoms with E-state index in [1.807, 2.05) is 0 Å². The fourth-order valence-electron chi connectivity index (χ4n) is 2.96. The molecule has 1 aliphatic heterocycles. The number of hydrogen-bond acceptors (Lipinski definition) is 5. The number of ether oxygens (including phenoxy) is 2. The van der Waals surface area contributed by atoms with Gasteiger partial charge in [0.2, 0.25) is 0 Å². The van der Waals surface area contributed by atoms with Crippen LogP contribution in [0.4, 0.5) is 0 Å². The molecule has 2 aromatic rings. The Hall–Kier alpha value is -1.84. The van der Waals surface area contributed by atoms with Gasteiger partial charge in [-0.3, -0.25) is 4.79 Å². The number of carbonyl (C=O) groups excluding carboxylic acids is 1. The lowest BCUT2D eigenvalue weighted by atomic mass is 10.2. The molecule has 2 heterocycles. The molecule has 0 atom stereocenters. The molecule has 134 valence electrons. The number of methoxy groups -OCH3 is 2. The smallest absolute Gasteiger partial charge is 0.252 e. The van der Waals surface area contributed by atoms with Crippen molar-refractivity contribution in [1.29, 1.82) is 0 Å². The van der Waals surface area contributed by atoms with E-state index in [1.54, 1.807) is 26.4 Å². The van der Waals surface area contributed by atoms with Gasteiger partial charge in [-0.1, -0.05) is 6.42 Å². The highest BCUT2D eigenvalue weighted by Crippen LogP contribution is 2.31. The minimum Gasteiger partial charge on any atom is -0.493 e. The lowest BCUT2D eigenvalue weighted by molar-refractivity contribution is 0.0948. The normalized spacial score (nSPS) is 13.7. The van der Waals surface area contributed by atoms with Gasteiger partial charge in [0.1, 0.15) is 5.82 Å². The summed E-state index contributed by atoms with van der Waals surface area (Å²) >= 11 is 2.12. The van der Waals surface area contributed by atoms with Crippen LogP contribution in [0.5, 0.6) is 11.5 Å². The second-order valence-corrected chi connectivity index (χ2v) is 7.03. The zero-order chi connectivity index (χ0) is 17.8. The van der Waals surface area contributed by atoms with Crippen LogP contribution in [-0.4, -0.2) is 34.9 Å². The zero-order valence-electron chi connectivity index (χ0n) is 14.3. The molecule has 1 aromatic carbocycles. The average Bonchev–Trinajstić information content (AvgIpc) is 2.85. The molecule has 0 aliphatic carbocycles. The molecule has 0 saturated heterocycles. The summed E-state index contributed by atoms with van der Waals surface area (Å²) in [6.07, 6.45) is 4.43. The SMILES string of the molecule is COc1cc(I)c(C(=O)NCc2nnc3n2CCCCC3)cc1OC. The number of hydrogen-bond donors (Lipinski definition) is 1. The topological polar surface area (TPSA) is 78.3 Å². The van der Waals surface area contributed by atoms with Crippen molar-refractivity contribution in [3.8, 4) is 11.5 Å². The lowest BCUT2D eigenvalue weighted by Crippen LogP contribution is -2.25. The monoisotopic (exact) mass is 456 g/mol. The van der Waals surface area contributed by atoms with Crippen molar-refractivity contribution in [1.82, 2.24) is 20.1 Å². The molecule has 0 bridgehead atoms. The largest absolute Gasteiger partial charge is 0.493 e. The van der Waals surface area contributed by atoms with E-state index in [-0.39, 0.29) is 5.91 Å². The predicted octanol–water partition coefficient (Wildman–Crippen LogP) is 2.56. The fourth-order valence-corrected chi connectivity index (χ4v) is 3.64. The van der Waals surface area contributed by atoms with Crippen molar-refractivity contribution < 1.29 is 14.3 Å². The van der Waals surface area contributed by atoms with Crippen LogP contribution < -0.4 is 14.8 Å². The number of aromatic nitrogens is 3. The van der Waals surface area contributed by atoms with E-state index in [9.17, 15) is 4.79 Å². The molecule has 1 aromatic heterocycles. The number of amides is 1. The molecule has 0 unspecified atom stereocenters. The van der Waals surface area contributed by atoms with E-state index in [2.05, 4.69) is 42.7 Å². The number of nitrogens with zero attached hydrogens (tertiary/aromatic N) is 3. The summed E-state index contributed by atoms with van der Waals surface area (Å²) in [7, 11) is 3.13. The molecule has 0 saturated carbocycles. The van der Waals surface area contributed by atoms with E-state index in [1.165, 1.54) is 6.42 Å². The summed E-state index contributed by atoms with van der Waals surface area (Å²) in [6, 6.07) is 3.48. The molecule has 1 aliphatic rings. The Morgan fingerprint density at radius 1 is 1.20 bits per heavy atom. The summed E-state index contributed by atoms with van der Waals surface area (Å²) in [5.41, 5.74) is 0.550. The summed E-state index contributed by atoms with van der Waals surface area (Å²) in [5.74, 6) is 2.79. The van der Waals surface area contributed by atoms with Gasteiger partial charge < -0.3 is 19.4 Å². The van der Waals surface area contributed by atoms with Gasteiger partial charge in [0, 0.05) is 16.5 Å². The quantitative estimate of drug-likeness (QED) is 0.700. The molecular formula is C17H21IN4O3. The molecule has 25 heavy (non-hydrogen) atoms. The molecule has 8 heteroatoms. The van der Waals surface area contributed by atoms with Crippen molar-refractivity contribution in [2.45, 2.75) is 38.8 Å². The Balaban J connectivity index is 1.74. The molecule has 0 spiro atoms. The highest BCUT2D eigenvalue weighted by Gasteiger charge is 2.18. The number of halogens is 1. The van der Waals surface area contributed by atoms with Crippen molar-refractivity contribution in [2.24, 2.45) is 0 Å². The maximum Gasteiger partial charge on any atom is 0.252 e. The van der Waals surface area contributed by atoms with Crippen molar-refractivity contribution in [2.75, 3.05) is 14.2 Å². The van der Waals surface area contributed by atoms with Gasteiger partial charge in [-0.05, 0) is 47.6 Å². The Labute approximate surface area is 160 Å². The second-order valence-electron chi connectivity index (χ2n) is 5.86. The van der Waals surface area contributed by atoms with Crippen molar-refractivity contribution >= 4 is 28.5 Å². The van der Waals surface area contributed by atoms with E-state index in [4.69, 9.17) is 9.47 Å². The molecule has 3 rings (SSSR count). The zero-order valence-corrected chi connectivity index (χ0v) is 16.5. The first-order valence-electron chi connectivity index (χ1n) is 8.24. The van der Waals surface area contributed by atoms with Crippen LogP contribution in [0.3, 0.4) is 0 Å². The molecule has 0 radical (unpaired) electrons. The van der Waals surface area contributed by atoms with E-state index >= 15 is 0 Å². The third kappa shape index (κ3) is 3.88. The van der Waals surface area contributed by atoms with E-state index < -0.39 is 0 Å². The van der Waals surface area contributed by atoms with Crippen molar-refractivity contribution in [3.05, 3.63) is 32.9 Å². The van der Waals surface area contributed by atoms with Crippen LogP contribution >= 0.6 is 22.6 Å². The summed E-state index contributed by atoms with van der Waals surface area (Å²) < 4.78 is 13.5. The number of aryl methyl sites for hydroxylation is 1. The van der Waals surface area contributed by atoms with Crippen LogP contribution in [0.15, 0.2) is 12.1 Å². The van der Waals surface area contributed by atoms with E-state index in [0.29, 0.717) is 23.6 Å². The molecular weight excluding hydrogens is 435 g/mol. The maximum absolute atomic E-state index is 12.6. The Morgan fingerprint density at radius 2 is 1.96 bits per heavy atom. The van der Waals surface area contributed by atoms with E-state index in [0.717, 1.165) is 41.0 Å². The third-order valence-corrected chi connectivity index (χ3v) is 5.20. The molecule has 7 nitrogen and oxygen atoms in total. The highest BCUT2D eigenvalue weighted by atomic mass is 127. The van der Waals surface area contributed by atoms with Crippen LogP contribution in [0.2, 0.25) is 0 Å². The van der Waals surface area contributed by atoms with Crippen LogP contribution in [0, 0.1) is 3.57 Å². The number of carbonyl (C=O) groups is 1. The van der Waals surface area contributed by atoms with Crippen LogP contribution in [0.25, 0.3) is 0 Å². The standard InChI is InChI=1S/C17H21IN4O3/c1-24-13-8-11(12(18)9-14(13)25-2)17(23)19-10-16-21-20-15-6-4-3-5-7-22(15)16/h8-9H,3-7,10H2,1-2H3,(H,19,23). The van der Waals surface area contributed by atoms with Crippen molar-refractivity contribution in [3.63, 3.8) is 0 Å². The average molecular weight is 456 g/mol. The van der Waals surface area contributed by atoms with Gasteiger partial charge in [-0.2, -0.15) is 0 Å². The fraction of sp³-hybridized carbons (Fsp3) is 0.471. The van der Waals surface area contributed by atoms with Gasteiger partial charge in [-0.25, -0.2) is 0 Å². The van der Waals surface area contributed by atoms with Gasteiger partial charge in [0.15, 0.2) is 17.3 Å². The lowest BCUT2D eigenvalue weighted by Gasteiger charge is -2.12. The minimum absolute atomic E-state index is 0.170. The first-order valence-corrected chi connectivity index (χ1v) is 9.32.